The van der Waals surface area contributed by atoms with Crippen LogP contribution in [0, 0.1) is 11.3 Å². The number of benzene rings is 1. The fourth-order valence-corrected chi connectivity index (χ4v) is 1.21. The third-order valence-electron chi connectivity index (χ3n) is 1.93. The number of phenolic OH excluding ortho intramolecular Hbond substituents is 1. The van der Waals surface area contributed by atoms with Gasteiger partial charge in [0.1, 0.15) is 11.5 Å². The van der Waals surface area contributed by atoms with Crippen LogP contribution < -0.4 is 10.5 Å². The highest BCUT2D eigenvalue weighted by molar-refractivity contribution is 5.41. The Labute approximate surface area is 82.5 Å². The zero-order valence-corrected chi connectivity index (χ0v) is 7.90. The monoisotopic (exact) mass is 192 g/mol. The molecule has 0 spiro atoms. The molecule has 0 saturated heterocycles. The lowest BCUT2D eigenvalue weighted by Crippen LogP contribution is -2.10. The number of nitrogens with zero attached hydrogens (tertiary/aromatic N) is 1. The Morgan fingerprint density at radius 1 is 1.64 bits per heavy atom. The number of methoxy groups -OCH3 is 1. The molecule has 0 radical (unpaired) electrons. The maximum absolute atomic E-state index is 9.19. The van der Waals surface area contributed by atoms with Crippen molar-refractivity contribution in [1.82, 2.24) is 0 Å². The molecule has 4 nitrogen and oxygen atoms in total. The Balaban J connectivity index is 3.02. The molecule has 0 aromatic heterocycles. The van der Waals surface area contributed by atoms with Gasteiger partial charge in [0, 0.05) is 17.7 Å². The summed E-state index contributed by atoms with van der Waals surface area (Å²) in [4.78, 5) is 0. The molecule has 0 aliphatic carbocycles. The van der Waals surface area contributed by atoms with Crippen LogP contribution in [0.15, 0.2) is 18.2 Å². The van der Waals surface area contributed by atoms with Crippen molar-refractivity contribution in [2.24, 2.45) is 5.73 Å². The van der Waals surface area contributed by atoms with Gasteiger partial charge in [0.25, 0.3) is 0 Å². The second kappa shape index (κ2) is 4.49. The number of nitrogens with two attached hydrogens (primary N) is 1. The van der Waals surface area contributed by atoms with Gasteiger partial charge in [-0.15, -0.1) is 0 Å². The Bertz CT molecular complexity index is 358. The summed E-state index contributed by atoms with van der Waals surface area (Å²) in [6.45, 7) is 0. The van der Waals surface area contributed by atoms with E-state index >= 15 is 0 Å². The average molecular weight is 192 g/mol. The van der Waals surface area contributed by atoms with Crippen molar-refractivity contribution in [3.8, 4) is 17.6 Å². The molecule has 1 atom stereocenters. The predicted octanol–water partition coefficient (Wildman–Crippen LogP) is 1.31. The van der Waals surface area contributed by atoms with Gasteiger partial charge >= 0.3 is 0 Å². The lowest BCUT2D eigenvalue weighted by Gasteiger charge is -2.12. The van der Waals surface area contributed by atoms with Gasteiger partial charge in [-0.1, -0.05) is 6.07 Å². The molecule has 0 saturated carbocycles. The summed E-state index contributed by atoms with van der Waals surface area (Å²) in [6.07, 6.45) is 0.223. The van der Waals surface area contributed by atoms with E-state index in [0.29, 0.717) is 5.75 Å². The molecular weight excluding hydrogens is 180 g/mol. The summed E-state index contributed by atoms with van der Waals surface area (Å²) in [5.41, 5.74) is 6.48. The first-order chi connectivity index (χ1) is 6.69. The van der Waals surface area contributed by atoms with Crippen LogP contribution in [0.25, 0.3) is 0 Å². The minimum Gasteiger partial charge on any atom is -0.508 e. The fourth-order valence-electron chi connectivity index (χ4n) is 1.21. The van der Waals surface area contributed by atoms with E-state index < -0.39 is 0 Å². The Morgan fingerprint density at radius 2 is 2.36 bits per heavy atom. The molecular formula is C10H12N2O2. The minimum absolute atomic E-state index is 0.120. The molecule has 1 aromatic carbocycles. The Morgan fingerprint density at radius 3 is 2.93 bits per heavy atom. The van der Waals surface area contributed by atoms with Crippen LogP contribution in [0.4, 0.5) is 0 Å². The molecule has 0 aliphatic rings. The van der Waals surface area contributed by atoms with Crippen molar-refractivity contribution in [2.45, 2.75) is 12.5 Å². The predicted molar refractivity (Wildman–Crippen MR) is 51.8 cm³/mol. The van der Waals surface area contributed by atoms with Crippen molar-refractivity contribution in [2.75, 3.05) is 7.11 Å². The number of aromatic hydroxyl groups is 1. The van der Waals surface area contributed by atoms with E-state index in [1.165, 1.54) is 19.2 Å². The number of rotatable bonds is 3. The molecule has 0 heterocycles. The SMILES string of the molecule is COc1cc(O)ccc1[C@@H](N)CC#N. The van der Waals surface area contributed by atoms with E-state index in [4.69, 9.17) is 15.7 Å². The van der Waals surface area contributed by atoms with Gasteiger partial charge in [-0.2, -0.15) is 5.26 Å². The number of ether oxygens (including phenoxy) is 1. The molecule has 1 aromatic rings. The minimum atomic E-state index is -0.379. The van der Waals surface area contributed by atoms with E-state index in [9.17, 15) is 5.11 Å². The quantitative estimate of drug-likeness (QED) is 0.756. The lowest BCUT2D eigenvalue weighted by molar-refractivity contribution is 0.399. The molecule has 0 aliphatic heterocycles. The van der Waals surface area contributed by atoms with Crippen molar-refractivity contribution < 1.29 is 9.84 Å². The van der Waals surface area contributed by atoms with Gasteiger partial charge in [-0.25, -0.2) is 0 Å². The van der Waals surface area contributed by atoms with E-state index in [2.05, 4.69) is 0 Å². The molecule has 14 heavy (non-hydrogen) atoms. The second-order valence-corrected chi connectivity index (χ2v) is 2.89. The maximum atomic E-state index is 9.19. The summed E-state index contributed by atoms with van der Waals surface area (Å²) >= 11 is 0. The van der Waals surface area contributed by atoms with Crippen molar-refractivity contribution >= 4 is 0 Å². The van der Waals surface area contributed by atoms with Crippen molar-refractivity contribution in [1.29, 1.82) is 5.26 Å². The standard InChI is InChI=1S/C10H12N2O2/c1-14-10-6-7(13)2-3-8(10)9(12)4-5-11/h2-3,6,9,13H,4,12H2,1H3/t9-/m0/s1. The Kier molecular flexibility index (Phi) is 3.32. The van der Waals surface area contributed by atoms with Gasteiger partial charge in [-0.3, -0.25) is 0 Å². The first kappa shape index (κ1) is 10.4. The summed E-state index contributed by atoms with van der Waals surface area (Å²) in [7, 11) is 1.50. The van der Waals surface area contributed by atoms with Gasteiger partial charge in [0.2, 0.25) is 0 Å². The highest BCUT2D eigenvalue weighted by atomic mass is 16.5. The van der Waals surface area contributed by atoms with E-state index in [0.717, 1.165) is 5.56 Å². The van der Waals surface area contributed by atoms with Gasteiger partial charge in [-0.05, 0) is 6.07 Å². The van der Waals surface area contributed by atoms with Crippen LogP contribution in [0.3, 0.4) is 0 Å². The van der Waals surface area contributed by atoms with Crippen LogP contribution in [0.2, 0.25) is 0 Å². The highest BCUT2D eigenvalue weighted by Crippen LogP contribution is 2.28. The summed E-state index contributed by atoms with van der Waals surface area (Å²) in [6, 6.07) is 6.27. The average Bonchev–Trinajstić information content (AvgIpc) is 2.17. The number of hydrogen-bond acceptors (Lipinski definition) is 4. The first-order valence-corrected chi connectivity index (χ1v) is 4.18. The zero-order chi connectivity index (χ0) is 10.6. The lowest BCUT2D eigenvalue weighted by atomic mass is 10.0. The zero-order valence-electron chi connectivity index (χ0n) is 7.90. The van der Waals surface area contributed by atoms with Gasteiger partial charge < -0.3 is 15.6 Å². The van der Waals surface area contributed by atoms with Crippen LogP contribution in [0.5, 0.6) is 11.5 Å². The normalized spacial score (nSPS) is 11.8. The largest absolute Gasteiger partial charge is 0.508 e. The van der Waals surface area contributed by atoms with E-state index in [1.54, 1.807) is 6.07 Å². The number of nitriles is 1. The fraction of sp³-hybridized carbons (Fsp3) is 0.300. The molecule has 0 amide bonds. The van der Waals surface area contributed by atoms with E-state index in [1.807, 2.05) is 6.07 Å². The van der Waals surface area contributed by atoms with Crippen molar-refractivity contribution in [3.63, 3.8) is 0 Å². The number of hydrogen-bond donors (Lipinski definition) is 2. The molecule has 0 fully saturated rings. The molecule has 74 valence electrons. The molecule has 0 bridgehead atoms. The molecule has 0 unspecified atom stereocenters. The van der Waals surface area contributed by atoms with Crippen LogP contribution in [-0.2, 0) is 0 Å². The third kappa shape index (κ3) is 2.15. The molecule has 4 heteroatoms. The second-order valence-electron chi connectivity index (χ2n) is 2.89. The van der Waals surface area contributed by atoms with Gasteiger partial charge in [0.05, 0.1) is 19.6 Å². The third-order valence-corrected chi connectivity index (χ3v) is 1.93. The topological polar surface area (TPSA) is 79.3 Å². The Hall–Kier alpha value is -1.73. The highest BCUT2D eigenvalue weighted by Gasteiger charge is 2.11. The molecule has 3 N–H and O–H groups in total. The van der Waals surface area contributed by atoms with Gasteiger partial charge in [0.15, 0.2) is 0 Å². The first-order valence-electron chi connectivity index (χ1n) is 4.18. The smallest absolute Gasteiger partial charge is 0.127 e. The molecule has 1 rings (SSSR count). The summed E-state index contributed by atoms with van der Waals surface area (Å²) in [5.74, 6) is 0.627. The summed E-state index contributed by atoms with van der Waals surface area (Å²) in [5, 5.41) is 17.7. The maximum Gasteiger partial charge on any atom is 0.127 e. The summed E-state index contributed by atoms with van der Waals surface area (Å²) < 4.78 is 5.04. The number of phenols is 1. The van der Waals surface area contributed by atoms with Crippen LogP contribution in [-0.4, -0.2) is 12.2 Å². The van der Waals surface area contributed by atoms with Crippen LogP contribution >= 0.6 is 0 Å². The van der Waals surface area contributed by atoms with E-state index in [-0.39, 0.29) is 18.2 Å². The van der Waals surface area contributed by atoms with Crippen molar-refractivity contribution in [3.05, 3.63) is 23.8 Å². The van der Waals surface area contributed by atoms with Crippen LogP contribution in [0.1, 0.15) is 18.0 Å².